The normalized spacial score (nSPS) is 15.4. The fourth-order valence-corrected chi connectivity index (χ4v) is 3.14. The number of rotatable bonds is 3. The quantitative estimate of drug-likeness (QED) is 0.715. The van der Waals surface area contributed by atoms with Gasteiger partial charge >= 0.3 is 0 Å². The van der Waals surface area contributed by atoms with Gasteiger partial charge in [0.2, 0.25) is 0 Å². The van der Waals surface area contributed by atoms with Gasteiger partial charge in [0.1, 0.15) is 11.9 Å². The van der Waals surface area contributed by atoms with E-state index in [1.165, 1.54) is 0 Å². The molecule has 132 valence electrons. The highest BCUT2D eigenvalue weighted by molar-refractivity contribution is 6.31. The summed E-state index contributed by atoms with van der Waals surface area (Å²) in [5, 5.41) is 7.25. The minimum atomic E-state index is -0.349. The fraction of sp³-hybridized carbons (Fsp3) is 0.200. The molecule has 0 bridgehead atoms. The Morgan fingerprint density at radius 1 is 1.23 bits per heavy atom. The molecule has 1 aromatic heterocycles. The maximum Gasteiger partial charge on any atom is 0.277 e. The highest BCUT2D eigenvalue weighted by atomic mass is 35.5. The Bertz CT molecular complexity index is 996. The molecule has 0 aliphatic carbocycles. The van der Waals surface area contributed by atoms with Crippen molar-refractivity contribution in [3.8, 4) is 17.1 Å². The van der Waals surface area contributed by atoms with Crippen LogP contribution in [0.5, 0.6) is 5.75 Å². The second kappa shape index (κ2) is 6.50. The van der Waals surface area contributed by atoms with Gasteiger partial charge < -0.3 is 14.6 Å². The van der Waals surface area contributed by atoms with Gasteiger partial charge in [-0.15, -0.1) is 0 Å². The molecule has 3 aromatic rings. The Hall–Kier alpha value is -2.79. The number of hydrogen-bond donors (Lipinski definition) is 1. The minimum Gasteiger partial charge on any atom is -0.490 e. The van der Waals surface area contributed by atoms with E-state index in [9.17, 15) is 4.79 Å². The lowest BCUT2D eigenvalue weighted by atomic mass is 10.1. The molecule has 1 aliphatic rings. The number of aromatic nitrogens is 1. The average Bonchev–Trinajstić information content (AvgIpc) is 3.23. The number of fused-ring (bicyclic) bond motifs is 1. The largest absolute Gasteiger partial charge is 0.490 e. The third kappa shape index (κ3) is 3.18. The number of carbonyl (C=O) groups is 1. The van der Waals surface area contributed by atoms with Gasteiger partial charge in [0, 0.05) is 28.8 Å². The molecule has 2 aromatic carbocycles. The summed E-state index contributed by atoms with van der Waals surface area (Å²) in [5.41, 5.74) is 3.77. The smallest absolute Gasteiger partial charge is 0.277 e. The van der Waals surface area contributed by atoms with Crippen LogP contribution in [0.3, 0.4) is 0 Å². The van der Waals surface area contributed by atoms with Gasteiger partial charge in [-0.1, -0.05) is 22.8 Å². The first-order valence-electron chi connectivity index (χ1n) is 8.34. The van der Waals surface area contributed by atoms with Crippen LogP contribution in [0.4, 0.5) is 5.69 Å². The summed E-state index contributed by atoms with van der Waals surface area (Å²) in [4.78, 5) is 12.4. The van der Waals surface area contributed by atoms with E-state index < -0.39 is 0 Å². The van der Waals surface area contributed by atoms with Gasteiger partial charge in [-0.2, -0.15) is 0 Å². The Balaban J connectivity index is 1.53. The monoisotopic (exact) mass is 368 g/mol. The fourth-order valence-electron chi connectivity index (χ4n) is 2.96. The van der Waals surface area contributed by atoms with E-state index in [1.54, 1.807) is 18.2 Å². The van der Waals surface area contributed by atoms with E-state index in [0.29, 0.717) is 16.5 Å². The van der Waals surface area contributed by atoms with E-state index in [-0.39, 0.29) is 17.7 Å². The van der Waals surface area contributed by atoms with Crippen molar-refractivity contribution in [3.05, 3.63) is 64.3 Å². The highest BCUT2D eigenvalue weighted by Crippen LogP contribution is 2.33. The number of anilines is 1. The number of carbonyl (C=O) groups excluding carboxylic acids is 1. The molecule has 0 radical (unpaired) electrons. The average molecular weight is 369 g/mol. The van der Waals surface area contributed by atoms with Gasteiger partial charge in [-0.3, -0.25) is 4.79 Å². The first kappa shape index (κ1) is 16.7. The maximum atomic E-state index is 12.4. The Morgan fingerprint density at radius 3 is 2.88 bits per heavy atom. The lowest BCUT2D eigenvalue weighted by Crippen LogP contribution is -2.12. The number of nitrogens with one attached hydrogen (secondary N) is 1. The molecular formula is C20H17ClN2O3. The molecule has 4 rings (SSSR count). The van der Waals surface area contributed by atoms with E-state index in [0.717, 1.165) is 28.9 Å². The first-order chi connectivity index (χ1) is 12.5. The number of amides is 1. The van der Waals surface area contributed by atoms with Crippen LogP contribution >= 0.6 is 11.6 Å². The second-order valence-electron chi connectivity index (χ2n) is 6.45. The summed E-state index contributed by atoms with van der Waals surface area (Å²) in [6.45, 7) is 3.94. The zero-order valence-electron chi connectivity index (χ0n) is 14.4. The molecule has 0 spiro atoms. The van der Waals surface area contributed by atoms with E-state index >= 15 is 0 Å². The minimum absolute atomic E-state index is 0.178. The molecule has 1 N–H and O–H groups in total. The molecular weight excluding hydrogens is 352 g/mol. The van der Waals surface area contributed by atoms with Crippen LogP contribution in [-0.4, -0.2) is 17.2 Å². The number of nitrogens with zero attached hydrogens (tertiary/aromatic N) is 1. The van der Waals surface area contributed by atoms with Gasteiger partial charge in [0.05, 0.1) is 0 Å². The molecule has 2 heterocycles. The van der Waals surface area contributed by atoms with Crippen molar-refractivity contribution in [2.45, 2.75) is 26.4 Å². The molecule has 5 nitrogen and oxygen atoms in total. The standard InChI is InChI=1S/C20H17ClN2O3/c1-11-3-5-15(9-16(11)21)22-20(24)17-10-19(26-23-17)13-4-6-18-14(8-13)7-12(2)25-18/h3-6,8-10,12H,7H2,1-2H3,(H,22,24)/t12-/m1/s1. The molecule has 1 amide bonds. The van der Waals surface area contributed by atoms with Crippen molar-refractivity contribution in [2.24, 2.45) is 0 Å². The number of hydrogen-bond acceptors (Lipinski definition) is 4. The van der Waals surface area contributed by atoms with Crippen molar-refractivity contribution in [1.82, 2.24) is 5.16 Å². The van der Waals surface area contributed by atoms with Crippen LogP contribution in [0, 0.1) is 6.92 Å². The molecule has 0 fully saturated rings. The molecule has 0 unspecified atom stereocenters. The second-order valence-corrected chi connectivity index (χ2v) is 6.86. The van der Waals surface area contributed by atoms with Crippen molar-refractivity contribution in [3.63, 3.8) is 0 Å². The van der Waals surface area contributed by atoms with Crippen LogP contribution in [0.1, 0.15) is 28.5 Å². The predicted octanol–water partition coefficient (Wildman–Crippen LogP) is 4.88. The maximum absolute atomic E-state index is 12.4. The predicted molar refractivity (Wildman–Crippen MR) is 99.9 cm³/mol. The summed E-state index contributed by atoms with van der Waals surface area (Å²) in [6.07, 6.45) is 1.04. The third-order valence-electron chi connectivity index (χ3n) is 4.35. The highest BCUT2D eigenvalue weighted by Gasteiger charge is 2.21. The summed E-state index contributed by atoms with van der Waals surface area (Å²) < 4.78 is 11.1. The van der Waals surface area contributed by atoms with Gasteiger partial charge in [-0.05, 0) is 55.3 Å². The Labute approximate surface area is 155 Å². The number of aryl methyl sites for hydroxylation is 1. The topological polar surface area (TPSA) is 64.4 Å². The number of halogens is 1. The van der Waals surface area contributed by atoms with Crippen molar-refractivity contribution >= 4 is 23.2 Å². The molecule has 1 aliphatic heterocycles. The van der Waals surface area contributed by atoms with Gasteiger partial charge in [-0.25, -0.2) is 0 Å². The van der Waals surface area contributed by atoms with Crippen LogP contribution in [0.15, 0.2) is 47.0 Å². The van der Waals surface area contributed by atoms with Gasteiger partial charge in [0.15, 0.2) is 11.5 Å². The van der Waals surface area contributed by atoms with E-state index in [4.69, 9.17) is 20.9 Å². The Kier molecular flexibility index (Phi) is 4.17. The van der Waals surface area contributed by atoms with E-state index in [2.05, 4.69) is 10.5 Å². The summed E-state index contributed by atoms with van der Waals surface area (Å²) in [6, 6.07) is 12.8. The zero-order valence-corrected chi connectivity index (χ0v) is 15.1. The van der Waals surface area contributed by atoms with Crippen LogP contribution in [0.2, 0.25) is 5.02 Å². The number of benzene rings is 2. The van der Waals surface area contributed by atoms with Crippen LogP contribution in [0.25, 0.3) is 11.3 Å². The Morgan fingerprint density at radius 2 is 2.08 bits per heavy atom. The molecule has 0 saturated heterocycles. The third-order valence-corrected chi connectivity index (χ3v) is 4.76. The molecule has 26 heavy (non-hydrogen) atoms. The van der Waals surface area contributed by atoms with Crippen molar-refractivity contribution in [2.75, 3.05) is 5.32 Å². The van der Waals surface area contributed by atoms with Crippen LogP contribution < -0.4 is 10.1 Å². The van der Waals surface area contributed by atoms with Crippen molar-refractivity contribution < 1.29 is 14.1 Å². The van der Waals surface area contributed by atoms with Crippen LogP contribution in [-0.2, 0) is 6.42 Å². The van der Waals surface area contributed by atoms with Gasteiger partial charge in [0.25, 0.3) is 5.91 Å². The lowest BCUT2D eigenvalue weighted by molar-refractivity contribution is 0.101. The van der Waals surface area contributed by atoms with E-state index in [1.807, 2.05) is 38.1 Å². The van der Waals surface area contributed by atoms with Crippen molar-refractivity contribution in [1.29, 1.82) is 0 Å². The molecule has 1 atom stereocenters. The summed E-state index contributed by atoms with van der Waals surface area (Å²) >= 11 is 6.09. The SMILES string of the molecule is Cc1ccc(NC(=O)c2cc(-c3ccc4c(c3)C[C@@H](C)O4)on2)cc1Cl. The molecule has 6 heteroatoms. The molecule has 0 saturated carbocycles. The first-order valence-corrected chi connectivity index (χ1v) is 8.71. The number of ether oxygens (including phenoxy) is 1. The lowest BCUT2D eigenvalue weighted by Gasteiger charge is -2.04. The summed E-state index contributed by atoms with van der Waals surface area (Å²) in [7, 11) is 0. The zero-order chi connectivity index (χ0) is 18.3. The summed E-state index contributed by atoms with van der Waals surface area (Å²) in [5.74, 6) is 1.09.